The van der Waals surface area contributed by atoms with E-state index >= 15 is 0 Å². The van der Waals surface area contributed by atoms with Crippen LogP contribution in [0.5, 0.6) is 11.5 Å². The number of rotatable bonds is 6. The van der Waals surface area contributed by atoms with E-state index in [0.29, 0.717) is 17.3 Å². The van der Waals surface area contributed by atoms with Gasteiger partial charge in [0.2, 0.25) is 5.76 Å². The Kier molecular flexibility index (Phi) is 6.03. The molecular formula is C19H15NO8S. The Morgan fingerprint density at radius 1 is 1.17 bits per heavy atom. The van der Waals surface area contributed by atoms with Crippen molar-refractivity contribution in [2.75, 3.05) is 20.8 Å². The van der Waals surface area contributed by atoms with Crippen LogP contribution in [0.3, 0.4) is 0 Å². The summed E-state index contributed by atoms with van der Waals surface area (Å²) in [5.74, 6) is -1.55. The van der Waals surface area contributed by atoms with Crippen molar-refractivity contribution in [3.05, 3.63) is 52.8 Å². The lowest BCUT2D eigenvalue weighted by Crippen LogP contribution is -2.34. The molecule has 0 bridgehead atoms. The summed E-state index contributed by atoms with van der Waals surface area (Å²) in [5, 5.41) is -0.567. The molecule has 0 radical (unpaired) electrons. The Hall–Kier alpha value is -3.53. The van der Waals surface area contributed by atoms with Crippen molar-refractivity contribution < 1.29 is 37.8 Å². The van der Waals surface area contributed by atoms with E-state index in [1.807, 2.05) is 0 Å². The zero-order valence-electron chi connectivity index (χ0n) is 15.4. The monoisotopic (exact) mass is 417 g/mol. The predicted octanol–water partition coefficient (Wildman–Crippen LogP) is 2.72. The molecule has 2 amide bonds. The molecule has 1 aromatic carbocycles. The van der Waals surface area contributed by atoms with Crippen LogP contribution in [0.15, 0.2) is 45.9 Å². The van der Waals surface area contributed by atoms with Crippen molar-refractivity contribution in [2.24, 2.45) is 0 Å². The van der Waals surface area contributed by atoms with Gasteiger partial charge in [-0.1, -0.05) is 6.07 Å². The maximum absolute atomic E-state index is 12.4. The zero-order chi connectivity index (χ0) is 21.0. The number of carbonyl (C=O) groups excluding carboxylic acids is 4. The maximum atomic E-state index is 12.4. The van der Waals surface area contributed by atoms with E-state index in [0.717, 1.165) is 4.90 Å². The van der Waals surface area contributed by atoms with E-state index in [9.17, 15) is 19.2 Å². The maximum Gasteiger partial charge on any atom is 0.379 e. The second kappa shape index (κ2) is 8.65. The van der Waals surface area contributed by atoms with Gasteiger partial charge in [0.05, 0.1) is 25.4 Å². The van der Waals surface area contributed by atoms with Crippen LogP contribution in [0.2, 0.25) is 0 Å². The standard InChI is InChI=1S/C19H15NO8S/c1-25-14-8-11(5-6-12(14)28-18(23)13-4-3-7-27-13)9-15-17(22)20(19(24)29-15)10-16(21)26-2/h3-9H,10H2,1-2H3/b15-9-. The first-order valence-corrected chi connectivity index (χ1v) is 9.00. The number of esters is 2. The van der Waals surface area contributed by atoms with Crippen molar-refractivity contribution in [1.29, 1.82) is 0 Å². The molecular weight excluding hydrogens is 402 g/mol. The number of hydrogen-bond donors (Lipinski definition) is 0. The van der Waals surface area contributed by atoms with Crippen LogP contribution in [0.4, 0.5) is 4.79 Å². The third kappa shape index (κ3) is 4.49. The summed E-state index contributed by atoms with van der Waals surface area (Å²) in [6, 6.07) is 7.64. The summed E-state index contributed by atoms with van der Waals surface area (Å²) < 4.78 is 20.0. The molecule has 2 heterocycles. The second-order valence-corrected chi connectivity index (χ2v) is 6.61. The smallest absolute Gasteiger partial charge is 0.379 e. The Bertz CT molecular complexity index is 996. The molecule has 0 N–H and O–H groups in total. The molecule has 1 aliphatic rings. The Balaban J connectivity index is 1.79. The lowest BCUT2D eigenvalue weighted by molar-refractivity contribution is -0.143. The van der Waals surface area contributed by atoms with Gasteiger partial charge in [-0.2, -0.15) is 0 Å². The highest BCUT2D eigenvalue weighted by Crippen LogP contribution is 2.34. The van der Waals surface area contributed by atoms with Crippen molar-refractivity contribution in [1.82, 2.24) is 4.90 Å². The van der Waals surface area contributed by atoms with Gasteiger partial charge in [-0.3, -0.25) is 19.3 Å². The summed E-state index contributed by atoms with van der Waals surface area (Å²) in [7, 11) is 2.57. The van der Waals surface area contributed by atoms with E-state index in [2.05, 4.69) is 4.74 Å². The van der Waals surface area contributed by atoms with Crippen molar-refractivity contribution in [3.8, 4) is 11.5 Å². The molecule has 0 atom stereocenters. The lowest BCUT2D eigenvalue weighted by atomic mass is 10.2. The number of imide groups is 1. The third-order valence-corrected chi connectivity index (χ3v) is 4.71. The number of nitrogens with zero attached hydrogens (tertiary/aromatic N) is 1. The molecule has 1 aliphatic heterocycles. The minimum absolute atomic E-state index is 0.0374. The average Bonchev–Trinajstić information content (AvgIpc) is 3.34. The van der Waals surface area contributed by atoms with Crippen LogP contribution in [0, 0.1) is 0 Å². The summed E-state index contributed by atoms with van der Waals surface area (Å²) in [4.78, 5) is 48.7. The Morgan fingerprint density at radius 2 is 1.97 bits per heavy atom. The minimum Gasteiger partial charge on any atom is -0.493 e. The SMILES string of the molecule is COC(=O)CN1C(=O)S/C(=C\c2ccc(OC(=O)c3ccco3)c(OC)c2)C1=O. The van der Waals surface area contributed by atoms with Crippen molar-refractivity contribution >= 4 is 40.9 Å². The number of furan rings is 1. The summed E-state index contributed by atoms with van der Waals surface area (Å²) in [5.41, 5.74) is 0.531. The summed E-state index contributed by atoms with van der Waals surface area (Å²) in [6.45, 7) is -0.455. The molecule has 0 aliphatic carbocycles. The number of thioether (sulfide) groups is 1. The first kappa shape index (κ1) is 20.2. The highest BCUT2D eigenvalue weighted by molar-refractivity contribution is 8.18. The number of benzene rings is 1. The largest absolute Gasteiger partial charge is 0.493 e. The lowest BCUT2D eigenvalue weighted by Gasteiger charge is -2.10. The minimum atomic E-state index is -0.696. The Morgan fingerprint density at radius 3 is 2.62 bits per heavy atom. The molecule has 10 heteroatoms. The molecule has 0 saturated carbocycles. The van der Waals surface area contributed by atoms with Crippen LogP contribution in [0.1, 0.15) is 16.1 Å². The molecule has 150 valence electrons. The number of hydrogen-bond acceptors (Lipinski definition) is 9. The van der Waals surface area contributed by atoms with Crippen molar-refractivity contribution in [2.45, 2.75) is 0 Å². The van der Waals surface area contributed by atoms with E-state index < -0.39 is 29.6 Å². The highest BCUT2D eigenvalue weighted by atomic mass is 32.2. The number of methoxy groups -OCH3 is 2. The van der Waals surface area contributed by atoms with Crippen LogP contribution < -0.4 is 9.47 Å². The summed E-state index contributed by atoms with van der Waals surface area (Å²) >= 11 is 0.708. The molecule has 2 aromatic rings. The van der Waals surface area contributed by atoms with Crippen LogP contribution >= 0.6 is 11.8 Å². The number of amides is 2. The van der Waals surface area contributed by atoms with Crippen LogP contribution in [-0.2, 0) is 14.3 Å². The fourth-order valence-corrected chi connectivity index (χ4v) is 3.22. The van der Waals surface area contributed by atoms with Gasteiger partial charge >= 0.3 is 11.9 Å². The van der Waals surface area contributed by atoms with Crippen LogP contribution in [-0.4, -0.2) is 48.7 Å². The van der Waals surface area contributed by atoms with E-state index in [4.69, 9.17) is 13.9 Å². The van der Waals surface area contributed by atoms with Gasteiger partial charge in [0.15, 0.2) is 11.5 Å². The van der Waals surface area contributed by atoms with Crippen molar-refractivity contribution in [3.63, 3.8) is 0 Å². The summed E-state index contributed by atoms with van der Waals surface area (Å²) in [6.07, 6.45) is 2.83. The van der Waals surface area contributed by atoms with Gasteiger partial charge in [0, 0.05) is 0 Å². The number of ether oxygens (including phenoxy) is 3. The van der Waals surface area contributed by atoms with Gasteiger partial charge in [0.25, 0.3) is 11.1 Å². The molecule has 29 heavy (non-hydrogen) atoms. The molecule has 9 nitrogen and oxygen atoms in total. The first-order chi connectivity index (χ1) is 13.9. The molecule has 3 rings (SSSR count). The van der Waals surface area contributed by atoms with Gasteiger partial charge in [-0.05, 0) is 47.7 Å². The van der Waals surface area contributed by atoms with E-state index in [1.54, 1.807) is 18.2 Å². The van der Waals surface area contributed by atoms with Gasteiger partial charge in [0.1, 0.15) is 6.54 Å². The Labute approximate surface area is 169 Å². The topological polar surface area (TPSA) is 112 Å². The van der Waals surface area contributed by atoms with Crippen LogP contribution in [0.25, 0.3) is 6.08 Å². The van der Waals surface area contributed by atoms with Gasteiger partial charge in [-0.25, -0.2) is 4.79 Å². The normalized spacial score (nSPS) is 15.0. The molecule has 0 spiro atoms. The molecule has 1 saturated heterocycles. The number of carbonyl (C=O) groups is 4. The van der Waals surface area contributed by atoms with Gasteiger partial charge < -0.3 is 18.6 Å². The quantitative estimate of drug-likeness (QED) is 0.398. The molecule has 1 aromatic heterocycles. The molecule has 1 fully saturated rings. The predicted molar refractivity (Wildman–Crippen MR) is 101 cm³/mol. The third-order valence-electron chi connectivity index (χ3n) is 3.80. The first-order valence-electron chi connectivity index (χ1n) is 8.19. The fraction of sp³-hybridized carbons (Fsp3) is 0.158. The molecule has 0 unspecified atom stereocenters. The fourth-order valence-electron chi connectivity index (χ4n) is 2.38. The van der Waals surface area contributed by atoms with E-state index in [-0.39, 0.29) is 22.2 Å². The highest BCUT2D eigenvalue weighted by Gasteiger charge is 2.36. The van der Waals surface area contributed by atoms with Gasteiger partial charge in [-0.15, -0.1) is 0 Å². The van der Waals surface area contributed by atoms with E-state index in [1.165, 1.54) is 38.7 Å². The second-order valence-electron chi connectivity index (χ2n) is 5.62. The zero-order valence-corrected chi connectivity index (χ0v) is 16.2. The average molecular weight is 417 g/mol.